The first kappa shape index (κ1) is 15.9. The highest BCUT2D eigenvalue weighted by Crippen LogP contribution is 2.28. The van der Waals surface area contributed by atoms with Gasteiger partial charge in [0, 0.05) is 12.2 Å². The van der Waals surface area contributed by atoms with Crippen LogP contribution in [0.3, 0.4) is 0 Å². The Balaban J connectivity index is 1.97. The van der Waals surface area contributed by atoms with Gasteiger partial charge in [0.25, 0.3) is 0 Å². The van der Waals surface area contributed by atoms with Crippen molar-refractivity contribution in [2.45, 2.75) is 6.92 Å². The maximum atomic E-state index is 5.85. The van der Waals surface area contributed by atoms with Crippen LogP contribution in [-0.2, 0) is 0 Å². The molecule has 5 nitrogen and oxygen atoms in total. The molecule has 0 bridgehead atoms. The van der Waals surface area contributed by atoms with Gasteiger partial charge in [-0.3, -0.25) is 4.99 Å². The molecule has 2 aromatic rings. The van der Waals surface area contributed by atoms with Crippen LogP contribution in [0.4, 0.5) is 11.4 Å². The first-order valence-corrected chi connectivity index (χ1v) is 7.27. The molecule has 0 radical (unpaired) electrons. The van der Waals surface area contributed by atoms with Gasteiger partial charge in [-0.2, -0.15) is 0 Å². The summed E-state index contributed by atoms with van der Waals surface area (Å²) in [6, 6.07) is 16.1. The van der Waals surface area contributed by atoms with E-state index in [9.17, 15) is 0 Å². The Kier molecular flexibility index (Phi) is 6.26. The fourth-order valence-corrected chi connectivity index (χ4v) is 1.93. The summed E-state index contributed by atoms with van der Waals surface area (Å²) in [5, 5.41) is 6.40. The van der Waals surface area contributed by atoms with E-state index in [-0.39, 0.29) is 6.67 Å². The summed E-state index contributed by atoms with van der Waals surface area (Å²) < 4.78 is 5.85. The lowest BCUT2D eigenvalue weighted by atomic mass is 10.2. The highest BCUT2D eigenvalue weighted by atomic mass is 16.5. The van der Waals surface area contributed by atoms with E-state index in [1.54, 1.807) is 6.34 Å². The predicted octanol–water partition coefficient (Wildman–Crippen LogP) is 2.65. The Morgan fingerprint density at radius 2 is 2.00 bits per heavy atom. The maximum absolute atomic E-state index is 5.85. The maximum Gasteiger partial charge on any atom is 0.143 e. The molecule has 0 aliphatic rings. The summed E-state index contributed by atoms with van der Waals surface area (Å²) in [6.07, 6.45) is 1.60. The van der Waals surface area contributed by atoms with E-state index >= 15 is 0 Å². The second-order valence-corrected chi connectivity index (χ2v) is 4.79. The highest BCUT2D eigenvalue weighted by Gasteiger charge is 2.04. The summed E-state index contributed by atoms with van der Waals surface area (Å²) in [5.74, 6) is 0.835. The van der Waals surface area contributed by atoms with E-state index < -0.39 is 0 Å². The van der Waals surface area contributed by atoms with Crippen LogP contribution in [0.2, 0.25) is 0 Å². The summed E-state index contributed by atoms with van der Waals surface area (Å²) in [7, 11) is 0. The number of aliphatic imine (C=N–C) groups is 1. The van der Waals surface area contributed by atoms with E-state index in [0.717, 1.165) is 22.7 Å². The average Bonchev–Trinajstić information content (AvgIpc) is 2.54. The Bertz CT molecular complexity index is 599. The van der Waals surface area contributed by atoms with Gasteiger partial charge in [-0.05, 0) is 36.8 Å². The van der Waals surface area contributed by atoms with E-state index in [1.165, 1.54) is 0 Å². The molecule has 0 amide bonds. The van der Waals surface area contributed by atoms with Crippen molar-refractivity contribution in [2.24, 2.45) is 10.7 Å². The molecule has 0 atom stereocenters. The zero-order chi connectivity index (χ0) is 15.6. The summed E-state index contributed by atoms with van der Waals surface area (Å²) in [6.45, 7) is 3.55. The molecule has 0 unspecified atom stereocenters. The lowest BCUT2D eigenvalue weighted by molar-refractivity contribution is 0.324. The van der Waals surface area contributed by atoms with Gasteiger partial charge in [0.15, 0.2) is 0 Å². The van der Waals surface area contributed by atoms with Crippen molar-refractivity contribution in [2.75, 3.05) is 25.1 Å². The number of nitrogens with one attached hydrogen (secondary N) is 2. The van der Waals surface area contributed by atoms with Crippen LogP contribution in [0.1, 0.15) is 5.56 Å². The molecule has 0 aliphatic carbocycles. The number of benzene rings is 2. The standard InChI is InChI=1S/C17H22N4O/c1-14-7-8-16(21-15-5-3-2-4-6-15)17(11-14)22-10-9-19-13-20-12-18/h2-8,11,13,21H,9-10,12,18H2,1H3,(H,19,20). The van der Waals surface area contributed by atoms with E-state index in [2.05, 4.69) is 21.7 Å². The molecule has 0 aliphatic heterocycles. The normalized spacial score (nSPS) is 10.6. The monoisotopic (exact) mass is 298 g/mol. The minimum absolute atomic E-state index is 0.289. The van der Waals surface area contributed by atoms with Crippen LogP contribution in [0.25, 0.3) is 0 Å². The van der Waals surface area contributed by atoms with Gasteiger partial charge in [0.2, 0.25) is 0 Å². The largest absolute Gasteiger partial charge is 0.490 e. The SMILES string of the molecule is Cc1ccc(Nc2ccccc2)c(OCCN/C=N\CN)c1. The first-order valence-electron chi connectivity index (χ1n) is 7.27. The number of nitrogens with two attached hydrogens (primary N) is 1. The molecule has 0 fully saturated rings. The number of hydrogen-bond donors (Lipinski definition) is 3. The third-order valence-electron chi connectivity index (χ3n) is 2.98. The number of aryl methyl sites for hydroxylation is 1. The van der Waals surface area contributed by atoms with E-state index in [4.69, 9.17) is 10.5 Å². The summed E-state index contributed by atoms with van der Waals surface area (Å²) in [5.41, 5.74) is 8.41. The number of anilines is 2. The molecule has 5 heteroatoms. The van der Waals surface area contributed by atoms with Crippen molar-refractivity contribution >= 4 is 17.7 Å². The number of nitrogens with zero attached hydrogens (tertiary/aromatic N) is 1. The van der Waals surface area contributed by atoms with Crippen LogP contribution in [0, 0.1) is 6.92 Å². The second kappa shape index (κ2) is 8.69. The lowest BCUT2D eigenvalue weighted by Crippen LogP contribution is -2.20. The van der Waals surface area contributed by atoms with E-state index in [1.807, 2.05) is 49.4 Å². The minimum Gasteiger partial charge on any atom is -0.490 e. The fourth-order valence-electron chi connectivity index (χ4n) is 1.93. The van der Waals surface area contributed by atoms with Crippen molar-refractivity contribution in [3.63, 3.8) is 0 Å². The fraction of sp³-hybridized carbons (Fsp3) is 0.235. The topological polar surface area (TPSA) is 71.7 Å². The molecular formula is C17H22N4O. The van der Waals surface area contributed by atoms with Crippen LogP contribution in [-0.4, -0.2) is 26.2 Å². The number of para-hydroxylation sites is 1. The Morgan fingerprint density at radius 3 is 2.77 bits per heavy atom. The lowest BCUT2D eigenvalue weighted by Gasteiger charge is -2.14. The molecule has 4 N–H and O–H groups in total. The van der Waals surface area contributed by atoms with Gasteiger partial charge in [0.1, 0.15) is 12.4 Å². The van der Waals surface area contributed by atoms with Crippen molar-refractivity contribution in [1.82, 2.24) is 5.32 Å². The van der Waals surface area contributed by atoms with Crippen LogP contribution in [0.15, 0.2) is 53.5 Å². The molecule has 0 spiro atoms. The highest BCUT2D eigenvalue weighted by molar-refractivity contribution is 5.66. The van der Waals surface area contributed by atoms with Crippen LogP contribution >= 0.6 is 0 Å². The van der Waals surface area contributed by atoms with Crippen molar-refractivity contribution in [3.8, 4) is 5.75 Å². The third-order valence-corrected chi connectivity index (χ3v) is 2.98. The predicted molar refractivity (Wildman–Crippen MR) is 91.9 cm³/mol. The van der Waals surface area contributed by atoms with Gasteiger partial charge < -0.3 is 21.1 Å². The molecule has 2 rings (SSSR count). The van der Waals surface area contributed by atoms with Gasteiger partial charge in [-0.15, -0.1) is 0 Å². The molecular weight excluding hydrogens is 276 g/mol. The second-order valence-electron chi connectivity index (χ2n) is 4.79. The van der Waals surface area contributed by atoms with E-state index in [0.29, 0.717) is 13.2 Å². The van der Waals surface area contributed by atoms with Gasteiger partial charge in [-0.25, -0.2) is 0 Å². The Hall–Kier alpha value is -2.53. The number of ether oxygens (including phenoxy) is 1. The summed E-state index contributed by atoms with van der Waals surface area (Å²) >= 11 is 0. The molecule has 2 aromatic carbocycles. The third kappa shape index (κ3) is 5.10. The number of hydrogen-bond acceptors (Lipinski definition) is 4. The van der Waals surface area contributed by atoms with Crippen molar-refractivity contribution in [3.05, 3.63) is 54.1 Å². The van der Waals surface area contributed by atoms with Crippen LogP contribution < -0.4 is 21.1 Å². The van der Waals surface area contributed by atoms with Gasteiger partial charge in [0.05, 0.1) is 18.7 Å². The molecule has 0 aromatic heterocycles. The molecule has 0 saturated heterocycles. The molecule has 0 heterocycles. The van der Waals surface area contributed by atoms with Crippen molar-refractivity contribution < 1.29 is 4.74 Å². The quantitative estimate of drug-likeness (QED) is 0.398. The van der Waals surface area contributed by atoms with Gasteiger partial charge in [-0.1, -0.05) is 24.3 Å². The minimum atomic E-state index is 0.289. The Morgan fingerprint density at radius 1 is 1.18 bits per heavy atom. The zero-order valence-electron chi connectivity index (χ0n) is 12.8. The average molecular weight is 298 g/mol. The molecule has 22 heavy (non-hydrogen) atoms. The molecule has 0 saturated carbocycles. The Labute approximate surface area is 131 Å². The number of rotatable bonds is 8. The van der Waals surface area contributed by atoms with Crippen molar-refractivity contribution in [1.29, 1.82) is 0 Å². The smallest absolute Gasteiger partial charge is 0.143 e. The van der Waals surface area contributed by atoms with Crippen LogP contribution in [0.5, 0.6) is 5.75 Å². The molecule has 116 valence electrons. The van der Waals surface area contributed by atoms with Gasteiger partial charge >= 0.3 is 0 Å². The summed E-state index contributed by atoms with van der Waals surface area (Å²) in [4.78, 5) is 3.88. The first-order chi connectivity index (χ1) is 10.8. The zero-order valence-corrected chi connectivity index (χ0v) is 12.8.